The molecule has 1 fully saturated rings. The normalized spacial score (nSPS) is 22.2. The minimum atomic E-state index is -0.157. The molecule has 0 radical (unpaired) electrons. The van der Waals surface area contributed by atoms with Gasteiger partial charge in [0.25, 0.3) is 11.8 Å². The van der Waals surface area contributed by atoms with Gasteiger partial charge in [0.1, 0.15) is 0 Å². The Morgan fingerprint density at radius 3 is 2.80 bits per heavy atom. The topological polar surface area (TPSA) is 49.4 Å². The van der Waals surface area contributed by atoms with Crippen molar-refractivity contribution in [1.82, 2.24) is 10.2 Å². The van der Waals surface area contributed by atoms with E-state index in [4.69, 9.17) is 0 Å². The number of piperidine rings is 1. The van der Waals surface area contributed by atoms with Crippen LogP contribution in [-0.2, 0) is 0 Å². The minimum Gasteiger partial charge on any atom is -0.316 e. The van der Waals surface area contributed by atoms with Crippen LogP contribution in [0.25, 0.3) is 0 Å². The van der Waals surface area contributed by atoms with E-state index < -0.39 is 0 Å². The van der Waals surface area contributed by atoms with Crippen LogP contribution in [0.3, 0.4) is 0 Å². The fraction of sp³-hybridized carbons (Fsp3) is 0.467. The lowest BCUT2D eigenvalue weighted by Gasteiger charge is -2.24. The van der Waals surface area contributed by atoms with Crippen LogP contribution >= 0.6 is 15.9 Å². The van der Waals surface area contributed by atoms with E-state index in [0.717, 1.165) is 24.0 Å². The van der Waals surface area contributed by atoms with Crippen LogP contribution in [0, 0.1) is 5.92 Å². The van der Waals surface area contributed by atoms with E-state index in [1.807, 2.05) is 0 Å². The lowest BCUT2D eigenvalue weighted by molar-refractivity contribution is 0.0643. The van der Waals surface area contributed by atoms with Gasteiger partial charge in [0.05, 0.1) is 11.1 Å². The molecule has 1 atom stereocenters. The summed E-state index contributed by atoms with van der Waals surface area (Å²) in [5.41, 5.74) is 1.05. The molecule has 1 saturated heterocycles. The molecule has 2 heterocycles. The van der Waals surface area contributed by atoms with E-state index >= 15 is 0 Å². The summed E-state index contributed by atoms with van der Waals surface area (Å²) in [5.74, 6) is 0.260. The van der Waals surface area contributed by atoms with E-state index in [0.29, 0.717) is 23.6 Å². The van der Waals surface area contributed by atoms with Gasteiger partial charge >= 0.3 is 0 Å². The highest BCUT2D eigenvalue weighted by Crippen LogP contribution is 2.27. The molecule has 2 aliphatic heterocycles. The van der Waals surface area contributed by atoms with Crippen molar-refractivity contribution < 1.29 is 9.59 Å². The zero-order valence-corrected chi connectivity index (χ0v) is 12.8. The fourth-order valence-electron chi connectivity index (χ4n) is 2.95. The Balaban J connectivity index is 1.69. The molecule has 0 saturated carbocycles. The Labute approximate surface area is 126 Å². The molecule has 20 heavy (non-hydrogen) atoms. The van der Waals surface area contributed by atoms with Crippen molar-refractivity contribution in [3.63, 3.8) is 0 Å². The highest BCUT2D eigenvalue weighted by atomic mass is 79.9. The summed E-state index contributed by atoms with van der Waals surface area (Å²) in [7, 11) is 0. The molecule has 0 spiro atoms. The Kier molecular flexibility index (Phi) is 3.89. The number of imide groups is 1. The van der Waals surface area contributed by atoms with Crippen molar-refractivity contribution in [3.05, 3.63) is 33.8 Å². The van der Waals surface area contributed by atoms with Gasteiger partial charge in [-0.1, -0.05) is 15.9 Å². The second-order valence-corrected chi connectivity index (χ2v) is 6.37. The number of rotatable bonds is 3. The maximum absolute atomic E-state index is 12.3. The lowest BCUT2D eigenvalue weighted by atomic mass is 9.96. The quantitative estimate of drug-likeness (QED) is 0.862. The van der Waals surface area contributed by atoms with Crippen molar-refractivity contribution in [2.24, 2.45) is 5.92 Å². The second kappa shape index (κ2) is 5.66. The number of carbonyl (C=O) groups excluding carboxylic acids is 2. The summed E-state index contributed by atoms with van der Waals surface area (Å²) in [5, 5.41) is 3.36. The third kappa shape index (κ3) is 2.52. The number of fused-ring (bicyclic) bond motifs is 1. The highest BCUT2D eigenvalue weighted by molar-refractivity contribution is 9.10. The molecule has 1 aromatic rings. The van der Waals surface area contributed by atoms with Crippen LogP contribution in [0.4, 0.5) is 0 Å². The van der Waals surface area contributed by atoms with Crippen molar-refractivity contribution in [2.45, 2.75) is 19.3 Å². The first-order chi connectivity index (χ1) is 9.66. The third-order valence-corrected chi connectivity index (χ3v) is 4.59. The fourth-order valence-corrected chi connectivity index (χ4v) is 3.31. The lowest BCUT2D eigenvalue weighted by Crippen LogP contribution is -2.35. The highest BCUT2D eigenvalue weighted by Gasteiger charge is 2.35. The van der Waals surface area contributed by atoms with Gasteiger partial charge in [-0.3, -0.25) is 14.5 Å². The first kappa shape index (κ1) is 13.8. The maximum atomic E-state index is 12.3. The van der Waals surface area contributed by atoms with Crippen LogP contribution in [-0.4, -0.2) is 36.3 Å². The van der Waals surface area contributed by atoms with Crippen molar-refractivity contribution >= 4 is 27.7 Å². The molecule has 1 unspecified atom stereocenters. The summed E-state index contributed by atoms with van der Waals surface area (Å²) in [6.07, 6.45) is 3.25. The smallest absolute Gasteiger partial charge is 0.261 e. The number of hydrogen-bond acceptors (Lipinski definition) is 3. The van der Waals surface area contributed by atoms with Gasteiger partial charge in [0.15, 0.2) is 0 Å². The van der Waals surface area contributed by atoms with Gasteiger partial charge in [-0.05, 0) is 56.5 Å². The predicted octanol–water partition coefficient (Wildman–Crippen LogP) is 2.43. The van der Waals surface area contributed by atoms with E-state index in [-0.39, 0.29) is 11.8 Å². The summed E-state index contributed by atoms with van der Waals surface area (Å²) in [6.45, 7) is 2.60. The van der Waals surface area contributed by atoms with E-state index in [1.54, 1.807) is 18.2 Å². The van der Waals surface area contributed by atoms with Crippen LogP contribution < -0.4 is 5.32 Å². The maximum Gasteiger partial charge on any atom is 0.261 e. The van der Waals surface area contributed by atoms with Crippen molar-refractivity contribution in [2.75, 3.05) is 19.6 Å². The SMILES string of the molecule is O=C1c2ccc(Br)cc2C(=O)N1CCC1CCCNC1. The van der Waals surface area contributed by atoms with E-state index in [9.17, 15) is 9.59 Å². The first-order valence-electron chi connectivity index (χ1n) is 7.03. The molecule has 5 heteroatoms. The Morgan fingerprint density at radius 1 is 1.25 bits per heavy atom. The molecular weight excluding hydrogens is 320 g/mol. The zero-order valence-electron chi connectivity index (χ0n) is 11.2. The Morgan fingerprint density at radius 2 is 2.05 bits per heavy atom. The number of amides is 2. The second-order valence-electron chi connectivity index (χ2n) is 5.45. The Hall–Kier alpha value is -1.20. The van der Waals surface area contributed by atoms with Crippen molar-refractivity contribution in [3.8, 4) is 0 Å². The van der Waals surface area contributed by atoms with Crippen LogP contribution in [0.2, 0.25) is 0 Å². The molecule has 1 N–H and O–H groups in total. The molecule has 106 valence electrons. The molecule has 2 amide bonds. The molecule has 0 bridgehead atoms. The standard InChI is InChI=1S/C15H17BrN2O2/c16-11-3-4-12-13(8-11)15(20)18(14(12)19)7-5-10-2-1-6-17-9-10/h3-4,8,10,17H,1-2,5-7,9H2. The Bertz CT molecular complexity index is 553. The van der Waals surface area contributed by atoms with Gasteiger partial charge < -0.3 is 5.32 Å². The molecule has 0 aromatic heterocycles. The van der Waals surface area contributed by atoms with E-state index in [2.05, 4.69) is 21.2 Å². The van der Waals surface area contributed by atoms with Gasteiger partial charge in [-0.2, -0.15) is 0 Å². The van der Waals surface area contributed by atoms with Crippen LogP contribution in [0.15, 0.2) is 22.7 Å². The van der Waals surface area contributed by atoms with Gasteiger partial charge in [0, 0.05) is 11.0 Å². The number of benzene rings is 1. The molecule has 0 aliphatic carbocycles. The molecule has 3 rings (SSSR count). The van der Waals surface area contributed by atoms with Crippen LogP contribution in [0.1, 0.15) is 40.0 Å². The summed E-state index contributed by atoms with van der Waals surface area (Å²) in [6, 6.07) is 5.26. The molecule has 4 nitrogen and oxygen atoms in total. The summed E-state index contributed by atoms with van der Waals surface area (Å²) >= 11 is 3.34. The predicted molar refractivity (Wildman–Crippen MR) is 79.7 cm³/mol. The number of nitrogens with one attached hydrogen (secondary N) is 1. The monoisotopic (exact) mass is 336 g/mol. The van der Waals surface area contributed by atoms with Gasteiger partial charge in [0.2, 0.25) is 0 Å². The number of halogens is 1. The third-order valence-electron chi connectivity index (χ3n) is 4.09. The molecular formula is C15H17BrN2O2. The van der Waals surface area contributed by atoms with Gasteiger partial charge in [-0.15, -0.1) is 0 Å². The summed E-state index contributed by atoms with van der Waals surface area (Å²) < 4.78 is 0.829. The summed E-state index contributed by atoms with van der Waals surface area (Å²) in [4.78, 5) is 26.0. The minimum absolute atomic E-state index is 0.152. The van der Waals surface area contributed by atoms with E-state index in [1.165, 1.54) is 17.7 Å². The zero-order chi connectivity index (χ0) is 14.1. The van der Waals surface area contributed by atoms with Crippen LogP contribution in [0.5, 0.6) is 0 Å². The first-order valence-corrected chi connectivity index (χ1v) is 7.82. The average molecular weight is 337 g/mol. The van der Waals surface area contributed by atoms with Crippen molar-refractivity contribution in [1.29, 1.82) is 0 Å². The van der Waals surface area contributed by atoms with Gasteiger partial charge in [-0.25, -0.2) is 0 Å². The largest absolute Gasteiger partial charge is 0.316 e. The molecule has 2 aliphatic rings. The number of hydrogen-bond donors (Lipinski definition) is 1. The molecule has 1 aromatic carbocycles. The average Bonchev–Trinajstić information content (AvgIpc) is 2.70. The number of carbonyl (C=O) groups is 2. The number of nitrogens with zero attached hydrogens (tertiary/aromatic N) is 1.